The third-order valence-electron chi connectivity index (χ3n) is 3.82. The Hall–Kier alpha value is -1.61. The summed E-state index contributed by atoms with van der Waals surface area (Å²) < 4.78 is 2.10. The number of hydrogen-bond acceptors (Lipinski definition) is 2. The van der Waals surface area contributed by atoms with E-state index in [0.29, 0.717) is 6.04 Å². The van der Waals surface area contributed by atoms with Crippen molar-refractivity contribution in [2.24, 2.45) is 7.05 Å². The summed E-state index contributed by atoms with van der Waals surface area (Å²) in [6, 6.07) is 9.39. The lowest BCUT2D eigenvalue weighted by Crippen LogP contribution is -2.22. The molecule has 0 bridgehead atoms. The lowest BCUT2D eigenvalue weighted by atomic mass is 9.99. The zero-order valence-electron chi connectivity index (χ0n) is 12.8. The maximum absolute atomic E-state index is 4.40. The number of hydrogen-bond donors (Lipinski definition) is 1. The summed E-state index contributed by atoms with van der Waals surface area (Å²) in [6.45, 7) is 5.34. The van der Waals surface area contributed by atoms with E-state index in [1.165, 1.54) is 11.1 Å². The summed E-state index contributed by atoms with van der Waals surface area (Å²) in [5, 5.41) is 3.58. The van der Waals surface area contributed by atoms with Crippen LogP contribution in [-0.4, -0.2) is 16.1 Å². The molecule has 0 saturated carbocycles. The molecule has 0 radical (unpaired) electrons. The minimum absolute atomic E-state index is 0.405. The van der Waals surface area contributed by atoms with E-state index in [0.717, 1.165) is 31.6 Å². The molecule has 0 saturated heterocycles. The minimum Gasteiger partial charge on any atom is -0.338 e. The smallest absolute Gasteiger partial charge is 0.108 e. The third kappa shape index (κ3) is 3.70. The molecule has 0 fully saturated rings. The molecule has 0 aliphatic heterocycles. The van der Waals surface area contributed by atoms with E-state index in [4.69, 9.17) is 0 Å². The number of imidazole rings is 1. The Bertz CT molecular complexity index is 513. The molecular weight excluding hydrogens is 246 g/mol. The summed E-state index contributed by atoms with van der Waals surface area (Å²) in [5.74, 6) is 1.15. The highest BCUT2D eigenvalue weighted by Gasteiger charge is 2.11. The van der Waals surface area contributed by atoms with Crippen LogP contribution in [0.4, 0.5) is 0 Å². The quantitative estimate of drug-likeness (QED) is 0.837. The van der Waals surface area contributed by atoms with E-state index in [9.17, 15) is 0 Å². The van der Waals surface area contributed by atoms with E-state index in [1.807, 2.05) is 12.4 Å². The number of benzene rings is 1. The van der Waals surface area contributed by atoms with Gasteiger partial charge in [0.15, 0.2) is 0 Å². The van der Waals surface area contributed by atoms with Gasteiger partial charge in [0, 0.05) is 31.9 Å². The molecule has 3 heteroatoms. The monoisotopic (exact) mass is 271 g/mol. The lowest BCUT2D eigenvalue weighted by molar-refractivity contribution is 0.505. The van der Waals surface area contributed by atoms with Crippen molar-refractivity contribution >= 4 is 0 Å². The van der Waals surface area contributed by atoms with Gasteiger partial charge in [-0.3, -0.25) is 0 Å². The number of nitrogens with one attached hydrogen (secondary N) is 1. The maximum atomic E-state index is 4.40. The summed E-state index contributed by atoms with van der Waals surface area (Å²) >= 11 is 0. The highest BCUT2D eigenvalue weighted by Crippen LogP contribution is 2.19. The van der Waals surface area contributed by atoms with Gasteiger partial charge in [-0.25, -0.2) is 4.98 Å². The van der Waals surface area contributed by atoms with Gasteiger partial charge < -0.3 is 9.88 Å². The Balaban J connectivity index is 2.04. The molecule has 1 aromatic heterocycles. The van der Waals surface area contributed by atoms with Gasteiger partial charge in [0.05, 0.1) is 0 Å². The predicted octanol–water partition coefficient (Wildman–Crippen LogP) is 3.27. The summed E-state index contributed by atoms with van der Waals surface area (Å²) in [7, 11) is 2.06. The Morgan fingerprint density at radius 2 is 1.95 bits per heavy atom. The first-order valence-corrected chi connectivity index (χ1v) is 7.53. The average Bonchev–Trinajstić information content (AvgIpc) is 2.89. The van der Waals surface area contributed by atoms with Gasteiger partial charge >= 0.3 is 0 Å². The standard InChI is InChI=1S/C17H25N3/c1-4-14-6-8-15(9-7-14)16(18-5-2)10-11-17-19-12-13-20(17)3/h6-9,12-13,16,18H,4-5,10-11H2,1-3H3. The minimum atomic E-state index is 0.405. The number of nitrogens with zero attached hydrogens (tertiary/aromatic N) is 2. The topological polar surface area (TPSA) is 29.9 Å². The van der Waals surface area contributed by atoms with Crippen LogP contribution in [0.2, 0.25) is 0 Å². The Morgan fingerprint density at radius 3 is 2.50 bits per heavy atom. The fourth-order valence-corrected chi connectivity index (χ4v) is 2.53. The van der Waals surface area contributed by atoms with Crippen molar-refractivity contribution in [2.75, 3.05) is 6.54 Å². The van der Waals surface area contributed by atoms with Gasteiger partial charge in [-0.1, -0.05) is 38.1 Å². The van der Waals surface area contributed by atoms with Gasteiger partial charge in [0.1, 0.15) is 5.82 Å². The Kier molecular flexibility index (Phi) is 5.36. The molecule has 2 rings (SSSR count). The molecule has 1 atom stereocenters. The largest absolute Gasteiger partial charge is 0.338 e. The SMILES string of the molecule is CCNC(CCc1nccn1C)c1ccc(CC)cc1. The van der Waals surface area contributed by atoms with Crippen LogP contribution in [0, 0.1) is 0 Å². The lowest BCUT2D eigenvalue weighted by Gasteiger charge is -2.18. The first-order chi connectivity index (χ1) is 9.74. The van der Waals surface area contributed by atoms with E-state index in [-0.39, 0.29) is 0 Å². The van der Waals surface area contributed by atoms with Crippen LogP contribution in [0.25, 0.3) is 0 Å². The van der Waals surface area contributed by atoms with Gasteiger partial charge in [-0.05, 0) is 30.5 Å². The normalized spacial score (nSPS) is 12.6. The van der Waals surface area contributed by atoms with E-state index < -0.39 is 0 Å². The van der Waals surface area contributed by atoms with Crippen LogP contribution in [0.3, 0.4) is 0 Å². The molecule has 0 aliphatic rings. The highest BCUT2D eigenvalue weighted by atomic mass is 15.0. The molecule has 2 aromatic rings. The van der Waals surface area contributed by atoms with Crippen molar-refractivity contribution in [1.29, 1.82) is 0 Å². The zero-order valence-corrected chi connectivity index (χ0v) is 12.8. The molecule has 0 spiro atoms. The second-order valence-electron chi connectivity index (χ2n) is 5.20. The van der Waals surface area contributed by atoms with Crippen LogP contribution in [0.1, 0.15) is 43.3 Å². The van der Waals surface area contributed by atoms with E-state index in [1.54, 1.807) is 0 Å². The van der Waals surface area contributed by atoms with Crippen LogP contribution in [0.5, 0.6) is 0 Å². The summed E-state index contributed by atoms with van der Waals surface area (Å²) in [4.78, 5) is 4.40. The number of rotatable bonds is 7. The predicted molar refractivity (Wildman–Crippen MR) is 83.8 cm³/mol. The Labute approximate surface area is 122 Å². The molecule has 20 heavy (non-hydrogen) atoms. The fraction of sp³-hybridized carbons (Fsp3) is 0.471. The molecule has 0 amide bonds. The first kappa shape index (κ1) is 14.8. The van der Waals surface area contributed by atoms with Gasteiger partial charge in [-0.15, -0.1) is 0 Å². The first-order valence-electron chi connectivity index (χ1n) is 7.53. The van der Waals surface area contributed by atoms with E-state index in [2.05, 4.69) is 60.0 Å². The summed E-state index contributed by atoms with van der Waals surface area (Å²) in [5.41, 5.74) is 2.77. The molecule has 1 aromatic carbocycles. The maximum Gasteiger partial charge on any atom is 0.108 e. The summed E-state index contributed by atoms with van der Waals surface area (Å²) in [6.07, 6.45) is 7.04. The van der Waals surface area contributed by atoms with Gasteiger partial charge in [0.25, 0.3) is 0 Å². The molecule has 108 valence electrons. The third-order valence-corrected chi connectivity index (χ3v) is 3.82. The van der Waals surface area contributed by atoms with Crippen molar-refractivity contribution in [2.45, 2.75) is 39.2 Å². The Morgan fingerprint density at radius 1 is 1.20 bits per heavy atom. The number of aromatic nitrogens is 2. The molecular formula is C17H25N3. The van der Waals surface area contributed by atoms with Crippen molar-refractivity contribution in [3.8, 4) is 0 Å². The van der Waals surface area contributed by atoms with Crippen molar-refractivity contribution < 1.29 is 0 Å². The second-order valence-corrected chi connectivity index (χ2v) is 5.20. The second kappa shape index (κ2) is 7.25. The zero-order chi connectivity index (χ0) is 14.4. The highest BCUT2D eigenvalue weighted by molar-refractivity contribution is 5.25. The molecule has 3 nitrogen and oxygen atoms in total. The van der Waals surface area contributed by atoms with Crippen LogP contribution >= 0.6 is 0 Å². The molecule has 1 N–H and O–H groups in total. The van der Waals surface area contributed by atoms with Gasteiger partial charge in [-0.2, -0.15) is 0 Å². The van der Waals surface area contributed by atoms with Gasteiger partial charge in [0.2, 0.25) is 0 Å². The van der Waals surface area contributed by atoms with E-state index >= 15 is 0 Å². The average molecular weight is 271 g/mol. The van der Waals surface area contributed by atoms with Crippen LogP contribution in [-0.2, 0) is 19.9 Å². The molecule has 0 aliphatic carbocycles. The van der Waals surface area contributed by atoms with Crippen molar-refractivity contribution in [3.05, 3.63) is 53.6 Å². The molecule has 1 heterocycles. The van der Waals surface area contributed by atoms with Crippen LogP contribution in [0.15, 0.2) is 36.7 Å². The fourth-order valence-electron chi connectivity index (χ4n) is 2.53. The van der Waals surface area contributed by atoms with Crippen molar-refractivity contribution in [1.82, 2.24) is 14.9 Å². The molecule has 1 unspecified atom stereocenters. The van der Waals surface area contributed by atoms with Crippen LogP contribution < -0.4 is 5.32 Å². The van der Waals surface area contributed by atoms with Crippen molar-refractivity contribution in [3.63, 3.8) is 0 Å². The number of aryl methyl sites for hydroxylation is 3.